The van der Waals surface area contributed by atoms with Crippen molar-refractivity contribution in [3.05, 3.63) is 57.5 Å². The lowest BCUT2D eigenvalue weighted by Crippen LogP contribution is -2.40. The molecule has 146 valence electrons. The molecule has 1 aliphatic heterocycles. The van der Waals surface area contributed by atoms with Crippen LogP contribution in [0.5, 0.6) is 0 Å². The Labute approximate surface area is 159 Å². The van der Waals surface area contributed by atoms with Crippen molar-refractivity contribution >= 4 is 17.2 Å². The highest BCUT2D eigenvalue weighted by molar-refractivity contribution is 7.07. The van der Waals surface area contributed by atoms with Crippen molar-refractivity contribution in [2.45, 2.75) is 32.1 Å². The predicted molar refractivity (Wildman–Crippen MR) is 95.6 cm³/mol. The number of hydrogen-bond acceptors (Lipinski definition) is 3. The number of hydrogen-bond donors (Lipinski definition) is 1. The van der Waals surface area contributed by atoms with Gasteiger partial charge in [0.2, 0.25) is 5.91 Å². The minimum Gasteiger partial charge on any atom is -0.352 e. The van der Waals surface area contributed by atoms with E-state index in [1.54, 1.807) is 11.3 Å². The first kappa shape index (κ1) is 19.8. The standard InChI is InChI=1S/C19H20F4N2OS/c20-16-2-1-15(17(9-16)19(21,22)23)10-24-18(26)14-3-6-25(7-4-14)11-13-5-8-27-12-13/h1-2,5,8-9,12,14H,3-4,6-7,10-11H2,(H,24,26). The van der Waals surface area contributed by atoms with Gasteiger partial charge in [0.1, 0.15) is 5.82 Å². The molecule has 1 aromatic carbocycles. The molecule has 27 heavy (non-hydrogen) atoms. The topological polar surface area (TPSA) is 32.3 Å². The smallest absolute Gasteiger partial charge is 0.352 e. The lowest BCUT2D eigenvalue weighted by atomic mass is 9.95. The van der Waals surface area contributed by atoms with Gasteiger partial charge < -0.3 is 5.32 Å². The van der Waals surface area contributed by atoms with Gasteiger partial charge in [-0.25, -0.2) is 4.39 Å². The van der Waals surface area contributed by atoms with Crippen molar-refractivity contribution in [2.24, 2.45) is 5.92 Å². The monoisotopic (exact) mass is 400 g/mol. The van der Waals surface area contributed by atoms with E-state index in [1.807, 2.05) is 5.38 Å². The molecule has 1 amide bonds. The molecular formula is C19H20F4N2OS. The van der Waals surface area contributed by atoms with Gasteiger partial charge >= 0.3 is 6.18 Å². The lowest BCUT2D eigenvalue weighted by molar-refractivity contribution is -0.138. The Morgan fingerprint density at radius 1 is 1.22 bits per heavy atom. The number of nitrogens with one attached hydrogen (secondary N) is 1. The Hall–Kier alpha value is -1.93. The molecule has 0 aliphatic carbocycles. The second-order valence-corrected chi connectivity index (χ2v) is 7.48. The molecule has 3 rings (SSSR count). The van der Waals surface area contributed by atoms with Gasteiger partial charge in [-0.3, -0.25) is 9.69 Å². The van der Waals surface area contributed by atoms with Crippen molar-refractivity contribution in [2.75, 3.05) is 13.1 Å². The van der Waals surface area contributed by atoms with Crippen LogP contribution in [0.25, 0.3) is 0 Å². The Morgan fingerprint density at radius 2 is 1.96 bits per heavy atom. The number of carbonyl (C=O) groups is 1. The van der Waals surface area contributed by atoms with E-state index in [2.05, 4.69) is 21.7 Å². The molecule has 3 nitrogen and oxygen atoms in total. The zero-order valence-corrected chi connectivity index (χ0v) is 15.4. The summed E-state index contributed by atoms with van der Waals surface area (Å²) in [7, 11) is 0. The average Bonchev–Trinajstić information content (AvgIpc) is 3.13. The fourth-order valence-electron chi connectivity index (χ4n) is 3.29. The molecular weight excluding hydrogens is 380 g/mol. The number of nitrogens with zero attached hydrogens (tertiary/aromatic N) is 1. The van der Waals surface area contributed by atoms with Crippen molar-refractivity contribution in [3.63, 3.8) is 0 Å². The molecule has 1 aromatic heterocycles. The number of thiophene rings is 1. The van der Waals surface area contributed by atoms with Crippen LogP contribution in [0.1, 0.15) is 29.5 Å². The number of amides is 1. The van der Waals surface area contributed by atoms with E-state index < -0.39 is 17.6 Å². The maximum absolute atomic E-state index is 13.1. The van der Waals surface area contributed by atoms with E-state index in [0.717, 1.165) is 31.8 Å². The van der Waals surface area contributed by atoms with Gasteiger partial charge in [-0.1, -0.05) is 6.07 Å². The number of benzene rings is 1. The molecule has 1 aliphatic rings. The van der Waals surface area contributed by atoms with E-state index >= 15 is 0 Å². The third-order valence-corrected chi connectivity index (χ3v) is 5.51. The molecule has 2 aromatic rings. The largest absolute Gasteiger partial charge is 0.416 e. The number of alkyl halides is 3. The number of piperidine rings is 1. The highest BCUT2D eigenvalue weighted by atomic mass is 32.1. The second kappa shape index (κ2) is 8.39. The zero-order valence-electron chi connectivity index (χ0n) is 14.6. The summed E-state index contributed by atoms with van der Waals surface area (Å²) in [6.45, 7) is 2.14. The summed E-state index contributed by atoms with van der Waals surface area (Å²) in [5, 5.41) is 6.71. The molecule has 1 N–H and O–H groups in total. The SMILES string of the molecule is O=C(NCc1ccc(F)cc1C(F)(F)F)C1CCN(Cc2ccsc2)CC1. The molecule has 0 unspecified atom stereocenters. The minimum atomic E-state index is -4.66. The van der Waals surface area contributed by atoms with Gasteiger partial charge in [-0.2, -0.15) is 24.5 Å². The Balaban J connectivity index is 1.52. The van der Waals surface area contributed by atoms with Gasteiger partial charge in [0.25, 0.3) is 0 Å². The van der Waals surface area contributed by atoms with Crippen LogP contribution in [0.15, 0.2) is 35.0 Å². The first-order valence-electron chi connectivity index (χ1n) is 8.69. The van der Waals surface area contributed by atoms with Gasteiger partial charge in [0.15, 0.2) is 0 Å². The van der Waals surface area contributed by atoms with E-state index in [-0.39, 0.29) is 23.9 Å². The number of carbonyl (C=O) groups excluding carboxylic acids is 1. The third-order valence-electron chi connectivity index (χ3n) is 4.78. The summed E-state index contributed by atoms with van der Waals surface area (Å²) < 4.78 is 52.2. The van der Waals surface area contributed by atoms with Crippen LogP contribution in [0.3, 0.4) is 0 Å². The molecule has 1 fully saturated rings. The minimum absolute atomic E-state index is 0.132. The molecule has 0 saturated carbocycles. The number of rotatable bonds is 5. The molecule has 0 radical (unpaired) electrons. The van der Waals surface area contributed by atoms with Crippen LogP contribution in [0.2, 0.25) is 0 Å². The Kier molecular flexibility index (Phi) is 6.16. The van der Waals surface area contributed by atoms with Crippen LogP contribution in [-0.2, 0) is 24.1 Å². The fraction of sp³-hybridized carbons (Fsp3) is 0.421. The molecule has 0 bridgehead atoms. The van der Waals surface area contributed by atoms with E-state index in [4.69, 9.17) is 0 Å². The highest BCUT2D eigenvalue weighted by Crippen LogP contribution is 2.32. The predicted octanol–water partition coefficient (Wildman–Crippen LogP) is 4.43. The van der Waals surface area contributed by atoms with E-state index in [1.165, 1.54) is 5.56 Å². The van der Waals surface area contributed by atoms with Crippen molar-refractivity contribution in [3.8, 4) is 0 Å². The van der Waals surface area contributed by atoms with Gasteiger partial charge in [-0.15, -0.1) is 0 Å². The maximum Gasteiger partial charge on any atom is 0.416 e. The summed E-state index contributed by atoms with van der Waals surface area (Å²) in [5.74, 6) is -1.41. The van der Waals surface area contributed by atoms with Gasteiger partial charge in [0.05, 0.1) is 5.56 Å². The van der Waals surface area contributed by atoms with Crippen LogP contribution in [0.4, 0.5) is 17.6 Å². The van der Waals surface area contributed by atoms with Gasteiger partial charge in [0, 0.05) is 19.0 Å². The summed E-state index contributed by atoms with van der Waals surface area (Å²) in [5.41, 5.74) is 0.0689. The summed E-state index contributed by atoms with van der Waals surface area (Å²) >= 11 is 1.65. The van der Waals surface area contributed by atoms with E-state index in [9.17, 15) is 22.4 Å². The first-order chi connectivity index (χ1) is 12.8. The third kappa shape index (κ3) is 5.29. The van der Waals surface area contributed by atoms with Crippen molar-refractivity contribution in [1.82, 2.24) is 10.2 Å². The molecule has 2 heterocycles. The second-order valence-electron chi connectivity index (χ2n) is 6.70. The number of likely N-dealkylation sites (tertiary alicyclic amines) is 1. The van der Waals surface area contributed by atoms with E-state index in [0.29, 0.717) is 18.9 Å². The van der Waals surface area contributed by atoms with Crippen LogP contribution in [0, 0.1) is 11.7 Å². The lowest BCUT2D eigenvalue weighted by Gasteiger charge is -2.31. The van der Waals surface area contributed by atoms with Crippen molar-refractivity contribution in [1.29, 1.82) is 0 Å². The highest BCUT2D eigenvalue weighted by Gasteiger charge is 2.34. The first-order valence-corrected chi connectivity index (χ1v) is 9.64. The molecule has 8 heteroatoms. The summed E-state index contributed by atoms with van der Waals surface area (Å²) in [4.78, 5) is 14.6. The number of halogens is 4. The molecule has 0 atom stereocenters. The van der Waals surface area contributed by atoms with Gasteiger partial charge in [-0.05, 0) is 66.0 Å². The maximum atomic E-state index is 13.1. The fourth-order valence-corrected chi connectivity index (χ4v) is 3.95. The zero-order chi connectivity index (χ0) is 19.4. The normalized spacial score (nSPS) is 16.4. The Bertz CT molecular complexity index is 769. The van der Waals surface area contributed by atoms with Crippen molar-refractivity contribution < 1.29 is 22.4 Å². The average molecular weight is 400 g/mol. The summed E-state index contributed by atoms with van der Waals surface area (Å²) in [6.07, 6.45) is -3.31. The summed E-state index contributed by atoms with van der Waals surface area (Å²) in [6, 6.07) is 4.58. The quantitative estimate of drug-likeness (QED) is 0.753. The Morgan fingerprint density at radius 3 is 2.59 bits per heavy atom. The molecule has 0 spiro atoms. The van der Waals surface area contributed by atoms with Crippen LogP contribution >= 0.6 is 11.3 Å². The molecule has 1 saturated heterocycles. The van der Waals surface area contributed by atoms with Crippen LogP contribution < -0.4 is 5.32 Å². The van der Waals surface area contributed by atoms with Crippen LogP contribution in [-0.4, -0.2) is 23.9 Å².